The molecule has 0 aliphatic carbocycles. The summed E-state index contributed by atoms with van der Waals surface area (Å²) in [5, 5.41) is 2.94. The average Bonchev–Trinajstić information content (AvgIpc) is 2.56. The van der Waals surface area contributed by atoms with Crippen LogP contribution in [0.2, 0.25) is 0 Å². The molecule has 0 spiro atoms. The van der Waals surface area contributed by atoms with Crippen molar-refractivity contribution >= 4 is 11.8 Å². The Morgan fingerprint density at radius 3 is 2.55 bits per heavy atom. The van der Waals surface area contributed by atoms with Crippen molar-refractivity contribution in [3.8, 4) is 0 Å². The van der Waals surface area contributed by atoms with E-state index in [1.54, 1.807) is 20.8 Å². The Kier molecular flexibility index (Phi) is 4.26. The minimum atomic E-state index is -4.38. The number of alkyl halides is 3. The van der Waals surface area contributed by atoms with Crippen LogP contribution in [0.15, 0.2) is 18.2 Å². The van der Waals surface area contributed by atoms with Gasteiger partial charge in [-0.15, -0.1) is 0 Å². The number of rotatable bonds is 0. The minimum Gasteiger partial charge on any atom is -0.444 e. The van der Waals surface area contributed by atoms with E-state index in [9.17, 15) is 18.0 Å². The van der Waals surface area contributed by atoms with E-state index in [-0.39, 0.29) is 6.54 Å². The summed E-state index contributed by atoms with van der Waals surface area (Å²) in [5.74, 6) is 0. The highest BCUT2D eigenvalue weighted by Crippen LogP contribution is 2.33. The maximum atomic E-state index is 12.7. The Hall–Kier alpha value is -1.92. The van der Waals surface area contributed by atoms with Gasteiger partial charge in [-0.2, -0.15) is 13.2 Å². The van der Waals surface area contributed by atoms with E-state index >= 15 is 0 Å². The van der Waals surface area contributed by atoms with Crippen molar-refractivity contribution in [1.29, 1.82) is 0 Å². The second-order valence-electron chi connectivity index (χ2n) is 6.20. The molecule has 1 heterocycles. The van der Waals surface area contributed by atoms with E-state index in [1.165, 1.54) is 11.0 Å². The van der Waals surface area contributed by atoms with Gasteiger partial charge >= 0.3 is 12.3 Å². The fourth-order valence-corrected chi connectivity index (χ4v) is 2.15. The number of hydrogen-bond donors (Lipinski definition) is 1. The molecular weight excluding hydrogens is 297 g/mol. The molecule has 0 radical (unpaired) electrons. The number of hydrogen-bond acceptors (Lipinski definition) is 3. The molecule has 22 heavy (non-hydrogen) atoms. The Morgan fingerprint density at radius 2 is 1.95 bits per heavy atom. The molecule has 1 aliphatic heterocycles. The third-order valence-corrected chi connectivity index (χ3v) is 3.15. The van der Waals surface area contributed by atoms with Gasteiger partial charge in [0.25, 0.3) is 0 Å². The molecule has 0 atom stereocenters. The van der Waals surface area contributed by atoms with Crippen molar-refractivity contribution in [1.82, 2.24) is 4.90 Å². The van der Waals surface area contributed by atoms with Crippen molar-refractivity contribution in [2.45, 2.75) is 39.1 Å². The van der Waals surface area contributed by atoms with E-state index in [1.807, 2.05) is 0 Å². The molecule has 2 rings (SSSR count). The van der Waals surface area contributed by atoms with Crippen molar-refractivity contribution in [2.24, 2.45) is 0 Å². The lowest BCUT2D eigenvalue weighted by Crippen LogP contribution is -2.37. The van der Waals surface area contributed by atoms with Crippen molar-refractivity contribution in [3.63, 3.8) is 0 Å². The number of amides is 1. The lowest BCUT2D eigenvalue weighted by Gasteiger charge is -2.26. The summed E-state index contributed by atoms with van der Waals surface area (Å²) < 4.78 is 43.5. The van der Waals surface area contributed by atoms with Gasteiger partial charge in [0.15, 0.2) is 0 Å². The SMILES string of the molecule is CC(C)(C)OC(=O)N1CCNc2cc(C(F)(F)F)ccc2C1. The van der Waals surface area contributed by atoms with Gasteiger partial charge in [-0.25, -0.2) is 4.79 Å². The van der Waals surface area contributed by atoms with Crippen LogP contribution in [-0.2, 0) is 17.5 Å². The van der Waals surface area contributed by atoms with Crippen LogP contribution in [0, 0.1) is 0 Å². The smallest absolute Gasteiger partial charge is 0.416 e. The van der Waals surface area contributed by atoms with Gasteiger partial charge in [-0.3, -0.25) is 0 Å². The summed E-state index contributed by atoms with van der Waals surface area (Å²) in [6.45, 7) is 6.26. The molecule has 4 nitrogen and oxygen atoms in total. The van der Waals surface area contributed by atoms with Crippen molar-refractivity contribution in [3.05, 3.63) is 29.3 Å². The third-order valence-electron chi connectivity index (χ3n) is 3.15. The Balaban J connectivity index is 2.19. The summed E-state index contributed by atoms with van der Waals surface area (Å²) in [6.07, 6.45) is -4.85. The van der Waals surface area contributed by atoms with Crippen LogP contribution in [-0.4, -0.2) is 29.7 Å². The fourth-order valence-electron chi connectivity index (χ4n) is 2.15. The highest BCUT2D eigenvalue weighted by Gasteiger charge is 2.32. The van der Waals surface area contributed by atoms with Crippen LogP contribution in [0.3, 0.4) is 0 Å². The van der Waals surface area contributed by atoms with Crippen LogP contribution in [0.25, 0.3) is 0 Å². The summed E-state index contributed by atoms with van der Waals surface area (Å²) >= 11 is 0. The van der Waals surface area contributed by atoms with Gasteiger partial charge in [-0.05, 0) is 38.5 Å². The molecule has 122 valence electrons. The quantitative estimate of drug-likeness (QED) is 0.790. The molecular formula is C15H19F3N2O2. The Labute approximate surface area is 127 Å². The zero-order valence-corrected chi connectivity index (χ0v) is 12.8. The van der Waals surface area contributed by atoms with Crippen LogP contribution < -0.4 is 5.32 Å². The Morgan fingerprint density at radius 1 is 1.27 bits per heavy atom. The summed E-state index contributed by atoms with van der Waals surface area (Å²) in [4.78, 5) is 13.6. The first-order valence-electron chi connectivity index (χ1n) is 6.98. The van der Waals surface area contributed by atoms with Gasteiger partial charge in [0, 0.05) is 18.8 Å². The molecule has 1 amide bonds. The molecule has 0 saturated heterocycles. The summed E-state index contributed by atoms with van der Waals surface area (Å²) in [5.41, 5.74) is -0.276. The van der Waals surface area contributed by atoms with Crippen LogP contribution in [0.4, 0.5) is 23.7 Å². The number of nitrogens with zero attached hydrogens (tertiary/aromatic N) is 1. The lowest BCUT2D eigenvalue weighted by atomic mass is 10.1. The van der Waals surface area contributed by atoms with Crippen LogP contribution in [0.1, 0.15) is 31.9 Å². The zero-order chi connectivity index (χ0) is 16.5. The predicted molar refractivity (Wildman–Crippen MR) is 76.6 cm³/mol. The first-order valence-corrected chi connectivity index (χ1v) is 6.98. The normalized spacial score (nSPS) is 15.6. The maximum absolute atomic E-state index is 12.7. The predicted octanol–water partition coefficient (Wildman–Crippen LogP) is 3.87. The molecule has 0 bridgehead atoms. The van der Waals surface area contributed by atoms with E-state index in [0.29, 0.717) is 24.3 Å². The van der Waals surface area contributed by atoms with Crippen molar-refractivity contribution < 1.29 is 22.7 Å². The number of fused-ring (bicyclic) bond motifs is 1. The van der Waals surface area contributed by atoms with Gasteiger partial charge in [0.05, 0.1) is 12.1 Å². The number of carbonyl (C=O) groups excluding carboxylic acids is 1. The average molecular weight is 316 g/mol. The minimum absolute atomic E-state index is 0.218. The first kappa shape index (κ1) is 16.5. The summed E-state index contributed by atoms with van der Waals surface area (Å²) in [7, 11) is 0. The maximum Gasteiger partial charge on any atom is 0.416 e. The van der Waals surface area contributed by atoms with Gasteiger partial charge in [0.2, 0.25) is 0 Å². The van der Waals surface area contributed by atoms with Crippen LogP contribution in [0.5, 0.6) is 0 Å². The number of benzene rings is 1. The molecule has 0 fully saturated rings. The van der Waals surface area contributed by atoms with E-state index in [2.05, 4.69) is 5.32 Å². The standard InChI is InChI=1S/C15H19F3N2O2/c1-14(2,3)22-13(21)20-7-6-19-12-8-11(15(16,17)18)5-4-10(12)9-20/h4-5,8,19H,6-7,9H2,1-3H3. The number of ether oxygens (including phenoxy) is 1. The fraction of sp³-hybridized carbons (Fsp3) is 0.533. The molecule has 1 aromatic carbocycles. The van der Waals surface area contributed by atoms with Gasteiger partial charge < -0.3 is 15.0 Å². The zero-order valence-electron chi connectivity index (χ0n) is 12.8. The highest BCUT2D eigenvalue weighted by molar-refractivity contribution is 5.69. The number of carbonyl (C=O) groups is 1. The molecule has 0 aromatic heterocycles. The number of anilines is 1. The van der Waals surface area contributed by atoms with Gasteiger partial charge in [-0.1, -0.05) is 6.07 Å². The van der Waals surface area contributed by atoms with Crippen molar-refractivity contribution in [2.75, 3.05) is 18.4 Å². The highest BCUT2D eigenvalue weighted by atomic mass is 19.4. The number of halogens is 3. The van der Waals surface area contributed by atoms with Gasteiger partial charge in [0.1, 0.15) is 5.60 Å². The third kappa shape index (κ3) is 4.05. The number of nitrogens with one attached hydrogen (secondary N) is 1. The molecule has 1 aliphatic rings. The Bertz CT molecular complexity index is 565. The largest absolute Gasteiger partial charge is 0.444 e. The monoisotopic (exact) mass is 316 g/mol. The summed E-state index contributed by atoms with van der Waals surface area (Å²) in [6, 6.07) is 3.50. The molecule has 1 N–H and O–H groups in total. The first-order chi connectivity index (χ1) is 10.1. The second-order valence-corrected chi connectivity index (χ2v) is 6.20. The second kappa shape index (κ2) is 5.70. The molecule has 0 unspecified atom stereocenters. The molecule has 1 aromatic rings. The topological polar surface area (TPSA) is 41.6 Å². The van der Waals surface area contributed by atoms with Crippen LogP contribution >= 0.6 is 0 Å². The lowest BCUT2D eigenvalue weighted by molar-refractivity contribution is -0.137. The molecule has 0 saturated carbocycles. The van der Waals surface area contributed by atoms with E-state index < -0.39 is 23.4 Å². The van der Waals surface area contributed by atoms with E-state index in [4.69, 9.17) is 4.74 Å². The molecule has 7 heteroatoms. The van der Waals surface area contributed by atoms with E-state index in [0.717, 1.165) is 12.1 Å².